The lowest BCUT2D eigenvalue weighted by Crippen LogP contribution is -2.36. The number of urea groups is 1. The summed E-state index contributed by atoms with van der Waals surface area (Å²) in [4.78, 5) is 35.3. The molecule has 2 heterocycles. The molecule has 0 radical (unpaired) electrons. The van der Waals surface area contributed by atoms with Crippen LogP contribution in [-0.2, 0) is 4.79 Å². The molecule has 2 fully saturated rings. The number of hydrogen-bond donors (Lipinski definition) is 4. The standard InChI is InChI=1S/C21H29BF2N4O3S/c22-18-13(23)9-12(10-14(18)24)20(30)26-8-4-3-7-25-17(29)6-2-1-5-16-19-15(11-32-16)27-21(31)28-19/h9-10,15-16,19H,1-8,11,22H2,(H,25,29)(H,26,30)(H2,27,28,31). The molecule has 3 rings (SSSR count). The second kappa shape index (κ2) is 11.5. The summed E-state index contributed by atoms with van der Waals surface area (Å²) < 4.78 is 27.1. The van der Waals surface area contributed by atoms with Crippen molar-refractivity contribution < 1.29 is 23.2 Å². The van der Waals surface area contributed by atoms with Gasteiger partial charge in [0.05, 0.1) is 12.1 Å². The fourth-order valence-electron chi connectivity index (χ4n) is 3.92. The number of carbonyl (C=O) groups excluding carboxylic acids is 3. The molecule has 3 atom stereocenters. The Hall–Kier alpha value is -2.30. The largest absolute Gasteiger partial charge is 0.356 e. The maximum absolute atomic E-state index is 13.5. The fraction of sp³-hybridized carbons (Fsp3) is 0.571. The molecule has 3 unspecified atom stereocenters. The Bertz CT molecular complexity index is 837. The monoisotopic (exact) mass is 466 g/mol. The van der Waals surface area contributed by atoms with Crippen LogP contribution >= 0.6 is 11.8 Å². The van der Waals surface area contributed by atoms with Crippen molar-refractivity contribution >= 4 is 42.9 Å². The Balaban J connectivity index is 1.20. The highest BCUT2D eigenvalue weighted by molar-refractivity contribution is 8.00. The second-order valence-electron chi connectivity index (χ2n) is 8.25. The first-order chi connectivity index (χ1) is 15.3. The molecule has 32 heavy (non-hydrogen) atoms. The number of amides is 4. The SMILES string of the molecule is Bc1c(F)cc(C(=O)NCCCCNC(=O)CCCCC2SCC3NC(=O)NC32)cc1F. The predicted octanol–water partition coefficient (Wildman–Crippen LogP) is 0.575. The smallest absolute Gasteiger partial charge is 0.315 e. The van der Waals surface area contributed by atoms with Gasteiger partial charge in [-0.15, -0.1) is 0 Å². The molecule has 4 N–H and O–H groups in total. The zero-order chi connectivity index (χ0) is 23.1. The molecular weight excluding hydrogens is 437 g/mol. The molecule has 4 amide bonds. The van der Waals surface area contributed by atoms with Gasteiger partial charge in [0, 0.05) is 36.1 Å². The van der Waals surface area contributed by atoms with Crippen molar-refractivity contribution in [3.8, 4) is 0 Å². The third-order valence-corrected chi connectivity index (χ3v) is 7.34. The topological polar surface area (TPSA) is 99.3 Å². The highest BCUT2D eigenvalue weighted by atomic mass is 32.2. The van der Waals surface area contributed by atoms with Crippen LogP contribution in [0, 0.1) is 11.6 Å². The van der Waals surface area contributed by atoms with Gasteiger partial charge in [0.25, 0.3) is 5.91 Å². The number of fused-ring (bicyclic) bond motifs is 1. The Labute approximate surface area is 191 Å². The van der Waals surface area contributed by atoms with Crippen molar-refractivity contribution in [1.29, 1.82) is 0 Å². The lowest BCUT2D eigenvalue weighted by Gasteiger charge is -2.16. The van der Waals surface area contributed by atoms with E-state index in [0.29, 0.717) is 37.6 Å². The number of halogens is 2. The predicted molar refractivity (Wildman–Crippen MR) is 123 cm³/mol. The van der Waals surface area contributed by atoms with Crippen LogP contribution in [0.2, 0.25) is 0 Å². The van der Waals surface area contributed by atoms with Crippen molar-refractivity contribution in [2.75, 3.05) is 18.8 Å². The number of carbonyl (C=O) groups is 3. The molecule has 174 valence electrons. The van der Waals surface area contributed by atoms with Gasteiger partial charge in [-0.1, -0.05) is 6.42 Å². The van der Waals surface area contributed by atoms with Gasteiger partial charge in [-0.2, -0.15) is 11.8 Å². The third kappa shape index (κ3) is 6.60. The molecule has 0 aromatic heterocycles. The van der Waals surface area contributed by atoms with Crippen molar-refractivity contribution in [2.24, 2.45) is 0 Å². The summed E-state index contributed by atoms with van der Waals surface area (Å²) in [6.45, 7) is 0.876. The van der Waals surface area contributed by atoms with E-state index < -0.39 is 17.5 Å². The third-order valence-electron chi connectivity index (χ3n) is 5.84. The Morgan fingerprint density at radius 1 is 1.06 bits per heavy atom. The first-order valence-corrected chi connectivity index (χ1v) is 12.1. The fourth-order valence-corrected chi connectivity index (χ4v) is 5.46. The molecule has 1 aromatic rings. The molecule has 11 heteroatoms. The zero-order valence-corrected chi connectivity index (χ0v) is 19.0. The van der Waals surface area contributed by atoms with E-state index in [4.69, 9.17) is 0 Å². The number of benzene rings is 1. The minimum Gasteiger partial charge on any atom is -0.356 e. The average Bonchev–Trinajstić information content (AvgIpc) is 3.30. The molecule has 0 spiro atoms. The molecule has 1 aromatic carbocycles. The number of thioether (sulfide) groups is 1. The van der Waals surface area contributed by atoms with Crippen LogP contribution in [0.25, 0.3) is 0 Å². The van der Waals surface area contributed by atoms with E-state index in [2.05, 4.69) is 21.3 Å². The van der Waals surface area contributed by atoms with Crippen LogP contribution in [0.5, 0.6) is 0 Å². The zero-order valence-electron chi connectivity index (χ0n) is 18.1. The van der Waals surface area contributed by atoms with E-state index in [1.165, 1.54) is 7.85 Å². The summed E-state index contributed by atoms with van der Waals surface area (Å²) in [6.07, 6.45) is 4.53. The van der Waals surface area contributed by atoms with E-state index in [1.54, 1.807) is 0 Å². The highest BCUT2D eigenvalue weighted by Gasteiger charge is 2.42. The van der Waals surface area contributed by atoms with Crippen LogP contribution in [-0.4, -0.2) is 61.9 Å². The van der Waals surface area contributed by atoms with Gasteiger partial charge < -0.3 is 21.3 Å². The maximum Gasteiger partial charge on any atom is 0.315 e. The van der Waals surface area contributed by atoms with Gasteiger partial charge in [0.2, 0.25) is 5.91 Å². The average molecular weight is 466 g/mol. The van der Waals surface area contributed by atoms with Crippen LogP contribution in [0.4, 0.5) is 13.6 Å². The van der Waals surface area contributed by atoms with Crippen molar-refractivity contribution in [2.45, 2.75) is 55.9 Å². The van der Waals surface area contributed by atoms with E-state index in [9.17, 15) is 23.2 Å². The molecule has 2 saturated heterocycles. The van der Waals surface area contributed by atoms with Crippen LogP contribution in [0.15, 0.2) is 12.1 Å². The molecule has 7 nitrogen and oxygen atoms in total. The summed E-state index contributed by atoms with van der Waals surface area (Å²) in [6, 6.07) is 2.40. The van der Waals surface area contributed by atoms with E-state index in [0.717, 1.165) is 37.1 Å². The molecule has 0 saturated carbocycles. The Morgan fingerprint density at radius 3 is 2.47 bits per heavy atom. The molecule has 0 aliphatic carbocycles. The quantitative estimate of drug-likeness (QED) is 0.218. The molecule has 0 bridgehead atoms. The van der Waals surface area contributed by atoms with Crippen molar-refractivity contribution in [1.82, 2.24) is 21.3 Å². The number of hydrogen-bond acceptors (Lipinski definition) is 4. The van der Waals surface area contributed by atoms with Crippen LogP contribution in [0.3, 0.4) is 0 Å². The van der Waals surface area contributed by atoms with Gasteiger partial charge in [-0.25, -0.2) is 13.6 Å². The lowest BCUT2D eigenvalue weighted by molar-refractivity contribution is -0.121. The summed E-state index contributed by atoms with van der Waals surface area (Å²) >= 11 is 1.87. The first-order valence-electron chi connectivity index (χ1n) is 11.0. The second-order valence-corrected chi connectivity index (χ2v) is 9.52. The molecule has 2 aliphatic heterocycles. The molecular formula is C21H29BF2N4O3S. The number of rotatable bonds is 11. The minimum atomic E-state index is -0.744. The normalized spacial score (nSPS) is 21.6. The van der Waals surface area contributed by atoms with Gasteiger partial charge in [0.15, 0.2) is 0 Å². The van der Waals surface area contributed by atoms with E-state index in [1.807, 2.05) is 11.8 Å². The summed E-state index contributed by atoms with van der Waals surface area (Å²) in [5, 5.41) is 11.8. The number of unbranched alkanes of at least 4 members (excludes halogenated alkanes) is 2. The number of nitrogens with one attached hydrogen (secondary N) is 4. The molecule has 2 aliphatic rings. The Morgan fingerprint density at radius 2 is 1.75 bits per heavy atom. The summed E-state index contributed by atoms with van der Waals surface area (Å²) in [7, 11) is 1.32. The minimum absolute atomic E-state index is 0.00688. The Kier molecular flexibility index (Phi) is 8.78. The van der Waals surface area contributed by atoms with Crippen LogP contribution < -0.4 is 26.7 Å². The van der Waals surface area contributed by atoms with Gasteiger partial charge in [0.1, 0.15) is 19.5 Å². The van der Waals surface area contributed by atoms with E-state index >= 15 is 0 Å². The summed E-state index contributed by atoms with van der Waals surface area (Å²) in [5.41, 5.74) is -0.153. The van der Waals surface area contributed by atoms with Gasteiger partial charge in [-0.05, 0) is 43.3 Å². The maximum atomic E-state index is 13.5. The first kappa shape index (κ1) is 24.3. The van der Waals surface area contributed by atoms with Gasteiger partial charge in [-0.3, -0.25) is 9.59 Å². The van der Waals surface area contributed by atoms with Crippen molar-refractivity contribution in [3.05, 3.63) is 29.3 Å². The van der Waals surface area contributed by atoms with Gasteiger partial charge >= 0.3 is 6.03 Å². The van der Waals surface area contributed by atoms with Crippen LogP contribution in [0.1, 0.15) is 48.9 Å². The lowest BCUT2D eigenvalue weighted by atomic mass is 9.93. The highest BCUT2D eigenvalue weighted by Crippen LogP contribution is 2.33. The summed E-state index contributed by atoms with van der Waals surface area (Å²) in [5.74, 6) is -1.06. The van der Waals surface area contributed by atoms with Crippen molar-refractivity contribution in [3.63, 3.8) is 0 Å². The van der Waals surface area contributed by atoms with E-state index in [-0.39, 0.29) is 35.0 Å².